The van der Waals surface area contributed by atoms with Gasteiger partial charge in [-0.1, -0.05) is 41.4 Å². The van der Waals surface area contributed by atoms with Gasteiger partial charge < -0.3 is 4.57 Å². The lowest BCUT2D eigenvalue weighted by Crippen LogP contribution is -1.91. The molecule has 0 fully saturated rings. The van der Waals surface area contributed by atoms with E-state index in [1.165, 1.54) is 0 Å². The van der Waals surface area contributed by atoms with Crippen LogP contribution in [0.2, 0.25) is 10.0 Å². The van der Waals surface area contributed by atoms with Crippen molar-refractivity contribution in [1.82, 2.24) is 4.57 Å². The van der Waals surface area contributed by atoms with Crippen molar-refractivity contribution in [3.63, 3.8) is 0 Å². The quantitative estimate of drug-likeness (QED) is 0.571. The Morgan fingerprint density at radius 1 is 1.05 bits per heavy atom. The van der Waals surface area contributed by atoms with Gasteiger partial charge in [0.1, 0.15) is 5.69 Å². The third-order valence-electron chi connectivity index (χ3n) is 3.31. The lowest BCUT2D eigenvalue weighted by atomic mass is 10.1. The van der Waals surface area contributed by atoms with Crippen LogP contribution in [0.1, 0.15) is 0 Å². The molecule has 1 aromatic heterocycles. The van der Waals surface area contributed by atoms with E-state index in [-0.39, 0.29) is 0 Å². The molecule has 2 aromatic carbocycles. The number of rotatable bonds is 2. The van der Waals surface area contributed by atoms with E-state index >= 15 is 0 Å². The molecule has 0 unspecified atom stereocenters. The van der Waals surface area contributed by atoms with Crippen LogP contribution >= 0.6 is 23.2 Å². The van der Waals surface area contributed by atoms with Gasteiger partial charge in [-0.25, -0.2) is 0 Å². The van der Waals surface area contributed by atoms with Crippen LogP contribution in [-0.4, -0.2) is 4.57 Å². The maximum absolute atomic E-state index is 11.3. The Morgan fingerprint density at radius 3 is 2.35 bits per heavy atom. The molecule has 0 saturated heterocycles. The summed E-state index contributed by atoms with van der Waals surface area (Å²) in [6, 6.07) is 12.8. The lowest BCUT2D eigenvalue weighted by molar-refractivity contribution is 0.978. The number of para-hydroxylation sites is 1. The number of fused-ring (bicyclic) bond motifs is 1. The normalized spacial score (nSPS) is 10.9. The number of halogens is 2. The SMILES string of the molecule is Cn1c(-c2cc(Cl)cc(Cl)c2)c(N=O)c2ccccc21. The van der Waals surface area contributed by atoms with E-state index in [4.69, 9.17) is 23.2 Å². The Labute approximate surface area is 125 Å². The summed E-state index contributed by atoms with van der Waals surface area (Å²) in [4.78, 5) is 11.3. The summed E-state index contributed by atoms with van der Waals surface area (Å²) in [6.07, 6.45) is 0. The minimum absolute atomic E-state index is 0.404. The van der Waals surface area contributed by atoms with Crippen molar-refractivity contribution in [2.24, 2.45) is 12.2 Å². The fourth-order valence-electron chi connectivity index (χ4n) is 2.49. The molecule has 0 saturated carbocycles. The van der Waals surface area contributed by atoms with Crippen LogP contribution in [0.5, 0.6) is 0 Å². The molecule has 0 atom stereocenters. The molecular formula is C15H10Cl2N2O. The number of hydrogen-bond acceptors (Lipinski definition) is 2. The molecule has 0 aliphatic rings. The van der Waals surface area contributed by atoms with Crippen LogP contribution in [0, 0.1) is 4.91 Å². The molecule has 0 bridgehead atoms. The van der Waals surface area contributed by atoms with Crippen molar-refractivity contribution in [2.45, 2.75) is 0 Å². The van der Waals surface area contributed by atoms with Crippen molar-refractivity contribution < 1.29 is 0 Å². The molecule has 5 heteroatoms. The van der Waals surface area contributed by atoms with E-state index in [0.29, 0.717) is 21.4 Å². The minimum Gasteiger partial charge on any atom is -0.342 e. The van der Waals surface area contributed by atoms with Crippen LogP contribution in [0.4, 0.5) is 5.69 Å². The van der Waals surface area contributed by atoms with Crippen LogP contribution in [0.25, 0.3) is 22.2 Å². The zero-order valence-corrected chi connectivity index (χ0v) is 12.1. The number of nitroso groups, excluding NO2 is 1. The number of aromatic nitrogens is 1. The average Bonchev–Trinajstić information content (AvgIpc) is 2.71. The molecule has 0 amide bonds. The molecule has 0 aliphatic heterocycles. The molecule has 0 aliphatic carbocycles. The highest BCUT2D eigenvalue weighted by molar-refractivity contribution is 6.35. The number of aryl methyl sites for hydroxylation is 1. The van der Waals surface area contributed by atoms with Gasteiger partial charge in [-0.15, -0.1) is 4.91 Å². The summed E-state index contributed by atoms with van der Waals surface area (Å²) in [5.74, 6) is 0. The number of benzene rings is 2. The summed E-state index contributed by atoms with van der Waals surface area (Å²) in [5, 5.41) is 5.06. The summed E-state index contributed by atoms with van der Waals surface area (Å²) in [5.41, 5.74) is 2.83. The fourth-order valence-corrected chi connectivity index (χ4v) is 3.01. The molecule has 20 heavy (non-hydrogen) atoms. The molecule has 0 radical (unpaired) electrons. The lowest BCUT2D eigenvalue weighted by Gasteiger charge is -2.06. The average molecular weight is 305 g/mol. The predicted octanol–water partition coefficient (Wildman–Crippen LogP) is 5.55. The standard InChI is InChI=1S/C15H10Cl2N2O/c1-19-13-5-3-2-4-12(13)14(18-20)15(19)9-6-10(16)8-11(17)7-9/h2-8H,1H3. The van der Waals surface area contributed by atoms with Crippen molar-refractivity contribution in [3.05, 3.63) is 57.4 Å². The summed E-state index contributed by atoms with van der Waals surface area (Å²) < 4.78 is 1.92. The molecule has 3 aromatic rings. The fraction of sp³-hybridized carbons (Fsp3) is 0.0667. The van der Waals surface area contributed by atoms with Crippen LogP contribution < -0.4 is 0 Å². The van der Waals surface area contributed by atoms with E-state index in [1.54, 1.807) is 18.2 Å². The third kappa shape index (κ3) is 1.99. The van der Waals surface area contributed by atoms with Crippen molar-refractivity contribution in [2.75, 3.05) is 0 Å². The van der Waals surface area contributed by atoms with E-state index in [0.717, 1.165) is 16.5 Å². The predicted molar refractivity (Wildman–Crippen MR) is 83.8 cm³/mol. The Morgan fingerprint density at radius 2 is 1.70 bits per heavy atom. The maximum Gasteiger partial charge on any atom is 0.141 e. The first-order valence-electron chi connectivity index (χ1n) is 5.99. The minimum atomic E-state index is 0.404. The highest BCUT2D eigenvalue weighted by Gasteiger charge is 2.17. The Bertz CT molecular complexity index is 804. The van der Waals surface area contributed by atoms with Gasteiger partial charge in [0.15, 0.2) is 0 Å². The molecule has 0 spiro atoms. The summed E-state index contributed by atoms with van der Waals surface area (Å²) in [7, 11) is 1.89. The van der Waals surface area contributed by atoms with Crippen molar-refractivity contribution in [3.8, 4) is 11.3 Å². The van der Waals surface area contributed by atoms with Gasteiger partial charge in [0, 0.05) is 28.0 Å². The highest BCUT2D eigenvalue weighted by Crippen LogP contribution is 2.40. The van der Waals surface area contributed by atoms with Gasteiger partial charge >= 0.3 is 0 Å². The van der Waals surface area contributed by atoms with E-state index in [1.807, 2.05) is 35.9 Å². The van der Waals surface area contributed by atoms with Gasteiger partial charge in [-0.2, -0.15) is 0 Å². The first kappa shape index (κ1) is 13.2. The van der Waals surface area contributed by atoms with Crippen molar-refractivity contribution in [1.29, 1.82) is 0 Å². The molecule has 3 nitrogen and oxygen atoms in total. The maximum atomic E-state index is 11.3. The molecule has 0 N–H and O–H groups in total. The smallest absolute Gasteiger partial charge is 0.141 e. The Hall–Kier alpha value is -1.84. The third-order valence-corrected chi connectivity index (χ3v) is 3.74. The summed E-state index contributed by atoms with van der Waals surface area (Å²) in [6.45, 7) is 0. The van der Waals surface area contributed by atoms with Gasteiger partial charge in [-0.05, 0) is 29.4 Å². The first-order valence-corrected chi connectivity index (χ1v) is 6.74. The van der Waals surface area contributed by atoms with Gasteiger partial charge in [0.25, 0.3) is 0 Å². The zero-order valence-electron chi connectivity index (χ0n) is 10.6. The Balaban J connectivity index is 2.41. The van der Waals surface area contributed by atoms with E-state index in [9.17, 15) is 4.91 Å². The summed E-state index contributed by atoms with van der Waals surface area (Å²) >= 11 is 12.1. The van der Waals surface area contributed by atoms with Crippen LogP contribution in [0.15, 0.2) is 47.6 Å². The second-order valence-corrected chi connectivity index (χ2v) is 5.40. The monoisotopic (exact) mass is 304 g/mol. The van der Waals surface area contributed by atoms with Gasteiger partial charge in [0.05, 0.1) is 11.2 Å². The van der Waals surface area contributed by atoms with E-state index in [2.05, 4.69) is 5.18 Å². The van der Waals surface area contributed by atoms with Gasteiger partial charge in [-0.3, -0.25) is 0 Å². The highest BCUT2D eigenvalue weighted by atomic mass is 35.5. The van der Waals surface area contributed by atoms with E-state index < -0.39 is 0 Å². The number of nitrogens with zero attached hydrogens (tertiary/aromatic N) is 2. The Kier molecular flexibility index (Phi) is 3.24. The second kappa shape index (κ2) is 4.93. The molecule has 3 rings (SSSR count). The largest absolute Gasteiger partial charge is 0.342 e. The number of hydrogen-bond donors (Lipinski definition) is 0. The van der Waals surface area contributed by atoms with Crippen LogP contribution in [-0.2, 0) is 7.05 Å². The van der Waals surface area contributed by atoms with Crippen LogP contribution in [0.3, 0.4) is 0 Å². The van der Waals surface area contributed by atoms with Crippen molar-refractivity contribution >= 4 is 39.8 Å². The zero-order chi connectivity index (χ0) is 14.3. The second-order valence-electron chi connectivity index (χ2n) is 4.52. The topological polar surface area (TPSA) is 34.4 Å². The molecule has 100 valence electrons. The molecule has 1 heterocycles. The molecular weight excluding hydrogens is 295 g/mol. The first-order chi connectivity index (χ1) is 9.61. The van der Waals surface area contributed by atoms with Gasteiger partial charge in [0.2, 0.25) is 0 Å².